The molecule has 1 heterocycles. The zero-order chi connectivity index (χ0) is 11.1. The van der Waals surface area contributed by atoms with E-state index in [1.165, 1.54) is 10.8 Å². The van der Waals surface area contributed by atoms with Crippen molar-refractivity contribution in [2.24, 2.45) is 0 Å². The van der Waals surface area contributed by atoms with Gasteiger partial charge in [-0.05, 0) is 12.1 Å². The van der Waals surface area contributed by atoms with Gasteiger partial charge in [0.2, 0.25) is 0 Å². The molecular weight excluding hydrogens is 313 g/mol. The van der Waals surface area contributed by atoms with Gasteiger partial charge in [-0.2, -0.15) is 0 Å². The van der Waals surface area contributed by atoms with E-state index in [2.05, 4.69) is 47.1 Å². The van der Waals surface area contributed by atoms with Crippen LogP contribution in [-0.2, 0) is 0 Å². The smallest absolute Gasteiger partial charge is 0.159 e. The molecule has 0 spiro atoms. The zero-order valence-electron chi connectivity index (χ0n) is 8.77. The van der Waals surface area contributed by atoms with Gasteiger partial charge in [0, 0.05) is 17.8 Å². The highest BCUT2D eigenvalue weighted by atomic mass is 127. The molecule has 0 saturated heterocycles. The number of hydrogen-bond donors (Lipinski definition) is 0. The van der Waals surface area contributed by atoms with Crippen LogP contribution in [-0.4, -0.2) is 7.05 Å². The van der Waals surface area contributed by atoms with Gasteiger partial charge in [0.05, 0.1) is 28.6 Å². The SMILES string of the molecule is CN(I)c1cccc2c1oc1ccccc12. The molecule has 0 aliphatic carbocycles. The molecule has 0 atom stereocenters. The molecule has 0 aliphatic heterocycles. The van der Waals surface area contributed by atoms with Gasteiger partial charge >= 0.3 is 0 Å². The van der Waals surface area contributed by atoms with Gasteiger partial charge in [-0.1, -0.05) is 30.3 Å². The third-order valence-corrected chi connectivity index (χ3v) is 3.24. The number of nitrogens with zero attached hydrogens (tertiary/aromatic N) is 1. The summed E-state index contributed by atoms with van der Waals surface area (Å²) in [5.74, 6) is 0. The fourth-order valence-electron chi connectivity index (χ4n) is 1.97. The third kappa shape index (κ3) is 1.38. The van der Waals surface area contributed by atoms with Gasteiger partial charge in [0.1, 0.15) is 5.58 Å². The van der Waals surface area contributed by atoms with E-state index in [1.807, 2.05) is 28.4 Å². The van der Waals surface area contributed by atoms with Crippen LogP contribution in [0.25, 0.3) is 21.9 Å². The molecule has 0 bridgehead atoms. The first-order valence-electron chi connectivity index (χ1n) is 5.07. The third-order valence-electron chi connectivity index (χ3n) is 2.72. The van der Waals surface area contributed by atoms with Crippen LogP contribution in [0.5, 0.6) is 0 Å². The molecule has 0 amide bonds. The summed E-state index contributed by atoms with van der Waals surface area (Å²) in [6.45, 7) is 0. The second-order valence-electron chi connectivity index (χ2n) is 3.73. The Kier molecular flexibility index (Phi) is 2.28. The highest BCUT2D eigenvalue weighted by Gasteiger charge is 2.11. The Morgan fingerprint density at radius 3 is 2.56 bits per heavy atom. The van der Waals surface area contributed by atoms with Crippen LogP contribution in [0, 0.1) is 0 Å². The predicted octanol–water partition coefficient (Wildman–Crippen LogP) is 4.37. The minimum Gasteiger partial charge on any atom is -0.454 e. The summed E-state index contributed by atoms with van der Waals surface area (Å²) in [5.41, 5.74) is 3.01. The number of hydrogen-bond acceptors (Lipinski definition) is 2. The standard InChI is InChI=1S/C13H10INO/c1-15(14)11-7-4-6-10-9-5-2-3-8-12(9)16-13(10)11/h2-8H,1H3. The van der Waals surface area contributed by atoms with Crippen LogP contribution < -0.4 is 3.11 Å². The summed E-state index contributed by atoms with van der Waals surface area (Å²) in [6.07, 6.45) is 0. The Balaban J connectivity index is 2.49. The van der Waals surface area contributed by atoms with Gasteiger partial charge < -0.3 is 7.53 Å². The molecule has 3 rings (SSSR count). The highest BCUT2D eigenvalue weighted by molar-refractivity contribution is 14.1. The summed E-state index contributed by atoms with van der Waals surface area (Å²) in [7, 11) is 2.02. The Morgan fingerprint density at radius 1 is 1.00 bits per heavy atom. The highest BCUT2D eigenvalue weighted by Crippen LogP contribution is 2.35. The van der Waals surface area contributed by atoms with E-state index in [4.69, 9.17) is 4.42 Å². The lowest BCUT2D eigenvalue weighted by Crippen LogP contribution is -1.98. The first-order chi connectivity index (χ1) is 7.77. The van der Waals surface area contributed by atoms with Gasteiger partial charge in [-0.3, -0.25) is 0 Å². The lowest BCUT2D eigenvalue weighted by atomic mass is 10.1. The number of para-hydroxylation sites is 2. The number of benzene rings is 2. The normalized spacial score (nSPS) is 11.1. The van der Waals surface area contributed by atoms with E-state index in [9.17, 15) is 0 Å². The largest absolute Gasteiger partial charge is 0.454 e. The van der Waals surface area contributed by atoms with Crippen LogP contribution in [0.3, 0.4) is 0 Å². The molecule has 0 aliphatic rings. The van der Waals surface area contributed by atoms with E-state index in [0.717, 1.165) is 16.9 Å². The maximum Gasteiger partial charge on any atom is 0.159 e. The molecule has 1 aromatic heterocycles. The van der Waals surface area contributed by atoms with Crippen LogP contribution >= 0.6 is 22.9 Å². The van der Waals surface area contributed by atoms with Crippen molar-refractivity contribution in [3.63, 3.8) is 0 Å². The minimum atomic E-state index is 0.947. The molecule has 3 aromatic rings. The first-order valence-corrected chi connectivity index (χ1v) is 6.03. The van der Waals surface area contributed by atoms with Crippen molar-refractivity contribution in [2.45, 2.75) is 0 Å². The Bertz CT molecular complexity index is 657. The number of halogens is 1. The van der Waals surface area contributed by atoms with Crippen molar-refractivity contribution in [1.29, 1.82) is 0 Å². The molecule has 0 radical (unpaired) electrons. The van der Waals surface area contributed by atoms with Crippen LogP contribution in [0.1, 0.15) is 0 Å². The van der Waals surface area contributed by atoms with E-state index < -0.39 is 0 Å². The summed E-state index contributed by atoms with van der Waals surface area (Å²) in [5, 5.41) is 2.36. The molecule has 0 fully saturated rings. The van der Waals surface area contributed by atoms with Gasteiger partial charge in [0.25, 0.3) is 0 Å². The quantitative estimate of drug-likeness (QED) is 0.488. The monoisotopic (exact) mass is 323 g/mol. The maximum atomic E-state index is 5.90. The van der Waals surface area contributed by atoms with E-state index >= 15 is 0 Å². The van der Waals surface area contributed by atoms with Crippen molar-refractivity contribution < 1.29 is 4.42 Å². The van der Waals surface area contributed by atoms with Crippen molar-refractivity contribution in [3.05, 3.63) is 42.5 Å². The van der Waals surface area contributed by atoms with Crippen molar-refractivity contribution in [2.75, 3.05) is 10.2 Å². The maximum absolute atomic E-state index is 5.90. The van der Waals surface area contributed by atoms with E-state index in [0.29, 0.717) is 0 Å². The summed E-state index contributed by atoms with van der Waals surface area (Å²) >= 11 is 2.25. The van der Waals surface area contributed by atoms with Crippen molar-refractivity contribution in [3.8, 4) is 0 Å². The van der Waals surface area contributed by atoms with Crippen LogP contribution in [0.2, 0.25) is 0 Å². The molecular formula is C13H10INO. The zero-order valence-corrected chi connectivity index (χ0v) is 10.9. The number of furan rings is 1. The van der Waals surface area contributed by atoms with Crippen molar-refractivity contribution >= 4 is 50.5 Å². The minimum absolute atomic E-state index is 0.947. The summed E-state index contributed by atoms with van der Waals surface area (Å²) < 4.78 is 7.94. The number of rotatable bonds is 1. The number of anilines is 1. The molecule has 0 unspecified atom stereocenters. The Hall–Kier alpha value is -1.23. The lowest BCUT2D eigenvalue weighted by molar-refractivity contribution is 0.669. The second kappa shape index (κ2) is 3.66. The molecule has 2 nitrogen and oxygen atoms in total. The Morgan fingerprint density at radius 2 is 1.75 bits per heavy atom. The average Bonchev–Trinajstić information content (AvgIpc) is 2.67. The Labute approximate surface area is 107 Å². The van der Waals surface area contributed by atoms with Crippen LogP contribution in [0.15, 0.2) is 46.9 Å². The molecule has 2 aromatic carbocycles. The lowest BCUT2D eigenvalue weighted by Gasteiger charge is -2.09. The molecule has 0 saturated carbocycles. The average molecular weight is 323 g/mol. The fraction of sp³-hybridized carbons (Fsp3) is 0.0769. The van der Waals surface area contributed by atoms with Gasteiger partial charge in [0.15, 0.2) is 5.58 Å². The van der Waals surface area contributed by atoms with E-state index in [1.54, 1.807) is 0 Å². The molecule has 80 valence electrons. The molecule has 3 heteroatoms. The summed E-state index contributed by atoms with van der Waals surface area (Å²) in [6, 6.07) is 14.4. The second-order valence-corrected chi connectivity index (χ2v) is 5.18. The predicted molar refractivity (Wildman–Crippen MR) is 76.1 cm³/mol. The van der Waals surface area contributed by atoms with Crippen molar-refractivity contribution in [1.82, 2.24) is 0 Å². The van der Waals surface area contributed by atoms with Gasteiger partial charge in [-0.15, -0.1) is 0 Å². The first kappa shape index (κ1) is 9.96. The molecule has 16 heavy (non-hydrogen) atoms. The number of fused-ring (bicyclic) bond motifs is 3. The topological polar surface area (TPSA) is 16.4 Å². The van der Waals surface area contributed by atoms with Gasteiger partial charge in [-0.25, -0.2) is 0 Å². The fourth-order valence-corrected chi connectivity index (χ4v) is 2.35. The summed E-state index contributed by atoms with van der Waals surface area (Å²) in [4.78, 5) is 0. The van der Waals surface area contributed by atoms with E-state index in [-0.39, 0.29) is 0 Å². The van der Waals surface area contributed by atoms with Crippen LogP contribution in [0.4, 0.5) is 5.69 Å². The molecule has 0 N–H and O–H groups in total.